The SMILES string of the molecule is CCOC(=O)N1CSC[C@H]1C. The van der Waals surface area contributed by atoms with Crippen molar-refractivity contribution >= 4 is 17.9 Å². The molecule has 1 amide bonds. The minimum Gasteiger partial charge on any atom is -0.450 e. The third-order valence-corrected chi connectivity index (χ3v) is 2.80. The summed E-state index contributed by atoms with van der Waals surface area (Å²) in [5, 5.41) is 0. The zero-order valence-electron chi connectivity index (χ0n) is 6.87. The van der Waals surface area contributed by atoms with Crippen LogP contribution in [-0.4, -0.2) is 35.3 Å². The van der Waals surface area contributed by atoms with Crippen molar-refractivity contribution in [3.05, 3.63) is 0 Å². The lowest BCUT2D eigenvalue weighted by Gasteiger charge is -2.18. The summed E-state index contributed by atoms with van der Waals surface area (Å²) >= 11 is 1.77. The van der Waals surface area contributed by atoms with Gasteiger partial charge in [0.2, 0.25) is 0 Å². The van der Waals surface area contributed by atoms with Crippen molar-refractivity contribution in [2.45, 2.75) is 19.9 Å². The van der Waals surface area contributed by atoms with Gasteiger partial charge in [-0.05, 0) is 13.8 Å². The van der Waals surface area contributed by atoms with Crippen molar-refractivity contribution in [2.24, 2.45) is 0 Å². The zero-order chi connectivity index (χ0) is 8.27. The maximum Gasteiger partial charge on any atom is 0.410 e. The minimum atomic E-state index is -0.176. The van der Waals surface area contributed by atoms with E-state index in [2.05, 4.69) is 0 Å². The summed E-state index contributed by atoms with van der Waals surface area (Å²) in [4.78, 5) is 12.9. The van der Waals surface area contributed by atoms with Crippen LogP contribution in [0.5, 0.6) is 0 Å². The Bertz CT molecular complexity index is 151. The Hall–Kier alpha value is -0.380. The van der Waals surface area contributed by atoms with Gasteiger partial charge in [-0.2, -0.15) is 0 Å². The first-order valence-electron chi connectivity index (χ1n) is 3.77. The van der Waals surface area contributed by atoms with E-state index in [1.54, 1.807) is 16.7 Å². The molecular formula is C7H13NO2S. The van der Waals surface area contributed by atoms with E-state index >= 15 is 0 Å². The van der Waals surface area contributed by atoms with E-state index in [1.165, 1.54) is 0 Å². The highest BCUT2D eigenvalue weighted by Gasteiger charge is 2.26. The molecule has 11 heavy (non-hydrogen) atoms. The monoisotopic (exact) mass is 175 g/mol. The first-order chi connectivity index (χ1) is 5.25. The molecule has 1 aliphatic rings. The van der Waals surface area contributed by atoms with Crippen LogP contribution in [-0.2, 0) is 4.74 Å². The Labute approximate surface area is 71.1 Å². The number of ether oxygens (including phenoxy) is 1. The standard InChI is InChI=1S/C7H13NO2S/c1-3-10-7(9)8-5-11-4-6(8)2/h6H,3-5H2,1-2H3/t6-/m1/s1. The van der Waals surface area contributed by atoms with Crippen molar-refractivity contribution in [3.8, 4) is 0 Å². The highest BCUT2D eigenvalue weighted by Crippen LogP contribution is 2.20. The number of rotatable bonds is 1. The van der Waals surface area contributed by atoms with Gasteiger partial charge in [0.25, 0.3) is 0 Å². The van der Waals surface area contributed by atoms with Gasteiger partial charge in [-0.1, -0.05) is 0 Å². The molecule has 0 radical (unpaired) electrons. The molecule has 0 N–H and O–H groups in total. The van der Waals surface area contributed by atoms with Crippen LogP contribution < -0.4 is 0 Å². The maximum atomic E-state index is 11.1. The highest BCUT2D eigenvalue weighted by molar-refractivity contribution is 7.99. The number of carbonyl (C=O) groups is 1. The second-order valence-corrected chi connectivity index (χ2v) is 3.52. The van der Waals surface area contributed by atoms with E-state index in [-0.39, 0.29) is 6.09 Å². The largest absolute Gasteiger partial charge is 0.450 e. The third kappa shape index (κ3) is 2.02. The van der Waals surface area contributed by atoms with Gasteiger partial charge in [0.05, 0.1) is 12.5 Å². The summed E-state index contributed by atoms with van der Waals surface area (Å²) in [6.45, 7) is 4.33. The van der Waals surface area contributed by atoms with Crippen molar-refractivity contribution < 1.29 is 9.53 Å². The van der Waals surface area contributed by atoms with Gasteiger partial charge in [0.15, 0.2) is 0 Å². The molecule has 0 aromatic heterocycles. The number of carbonyl (C=O) groups excluding carboxylic acids is 1. The average molecular weight is 175 g/mol. The van der Waals surface area contributed by atoms with Crippen molar-refractivity contribution in [1.82, 2.24) is 4.90 Å². The van der Waals surface area contributed by atoms with Gasteiger partial charge >= 0.3 is 6.09 Å². The molecule has 1 heterocycles. The van der Waals surface area contributed by atoms with Crippen LogP contribution >= 0.6 is 11.8 Å². The topological polar surface area (TPSA) is 29.5 Å². The third-order valence-electron chi connectivity index (χ3n) is 1.62. The molecule has 1 fully saturated rings. The average Bonchev–Trinajstić information content (AvgIpc) is 2.36. The van der Waals surface area contributed by atoms with E-state index in [4.69, 9.17) is 4.74 Å². The Kier molecular flexibility index (Phi) is 3.05. The van der Waals surface area contributed by atoms with Gasteiger partial charge in [-0.25, -0.2) is 4.79 Å². The fourth-order valence-corrected chi connectivity index (χ4v) is 2.16. The molecule has 1 aliphatic heterocycles. The molecule has 1 atom stereocenters. The van der Waals surface area contributed by atoms with Gasteiger partial charge in [-0.15, -0.1) is 11.8 Å². The van der Waals surface area contributed by atoms with E-state index in [9.17, 15) is 4.79 Å². The van der Waals surface area contributed by atoms with Gasteiger partial charge in [0, 0.05) is 11.8 Å². The predicted molar refractivity (Wildman–Crippen MR) is 45.6 cm³/mol. The normalized spacial score (nSPS) is 23.8. The minimum absolute atomic E-state index is 0.176. The fourth-order valence-electron chi connectivity index (χ4n) is 0.978. The molecule has 3 nitrogen and oxygen atoms in total. The first-order valence-corrected chi connectivity index (χ1v) is 4.92. The highest BCUT2D eigenvalue weighted by atomic mass is 32.2. The molecular weight excluding hydrogens is 162 g/mol. The Morgan fingerprint density at radius 1 is 1.82 bits per heavy atom. The quantitative estimate of drug-likeness (QED) is 0.605. The Balaban J connectivity index is 2.39. The lowest BCUT2D eigenvalue weighted by Crippen LogP contribution is -2.34. The van der Waals surface area contributed by atoms with E-state index in [0.29, 0.717) is 12.6 Å². The molecule has 0 spiro atoms. The van der Waals surface area contributed by atoms with Gasteiger partial charge < -0.3 is 4.74 Å². The zero-order valence-corrected chi connectivity index (χ0v) is 7.69. The molecule has 4 heteroatoms. The second kappa shape index (κ2) is 3.85. The van der Waals surface area contributed by atoms with Crippen LogP contribution in [0.4, 0.5) is 4.79 Å². The summed E-state index contributed by atoms with van der Waals surface area (Å²) in [6.07, 6.45) is -0.176. The van der Waals surface area contributed by atoms with Crippen LogP contribution in [0.1, 0.15) is 13.8 Å². The molecule has 0 aliphatic carbocycles. The molecule has 0 aromatic carbocycles. The summed E-state index contributed by atoms with van der Waals surface area (Å²) in [5.74, 6) is 1.80. The van der Waals surface area contributed by atoms with Crippen LogP contribution in [0, 0.1) is 0 Å². The molecule has 64 valence electrons. The van der Waals surface area contributed by atoms with Gasteiger partial charge in [0.1, 0.15) is 0 Å². The van der Waals surface area contributed by atoms with Crippen LogP contribution in [0.15, 0.2) is 0 Å². The van der Waals surface area contributed by atoms with Crippen LogP contribution in [0.25, 0.3) is 0 Å². The predicted octanol–water partition coefficient (Wildman–Crippen LogP) is 1.54. The van der Waals surface area contributed by atoms with E-state index in [1.807, 2.05) is 13.8 Å². The lowest BCUT2D eigenvalue weighted by atomic mass is 10.4. The van der Waals surface area contributed by atoms with E-state index in [0.717, 1.165) is 11.6 Å². The number of hydrogen-bond donors (Lipinski definition) is 0. The van der Waals surface area contributed by atoms with Crippen molar-refractivity contribution in [3.63, 3.8) is 0 Å². The summed E-state index contributed by atoms with van der Waals surface area (Å²) in [7, 11) is 0. The lowest BCUT2D eigenvalue weighted by molar-refractivity contribution is 0.108. The molecule has 0 saturated carbocycles. The number of amides is 1. The van der Waals surface area contributed by atoms with E-state index < -0.39 is 0 Å². The Morgan fingerprint density at radius 2 is 2.55 bits per heavy atom. The second-order valence-electron chi connectivity index (χ2n) is 2.52. The Morgan fingerprint density at radius 3 is 3.00 bits per heavy atom. The van der Waals surface area contributed by atoms with Crippen molar-refractivity contribution in [1.29, 1.82) is 0 Å². The molecule has 0 aromatic rings. The summed E-state index contributed by atoms with van der Waals surface area (Å²) < 4.78 is 4.87. The maximum absolute atomic E-state index is 11.1. The summed E-state index contributed by atoms with van der Waals surface area (Å²) in [5.41, 5.74) is 0. The van der Waals surface area contributed by atoms with Gasteiger partial charge in [-0.3, -0.25) is 4.90 Å². The molecule has 1 rings (SSSR count). The smallest absolute Gasteiger partial charge is 0.410 e. The van der Waals surface area contributed by atoms with Crippen LogP contribution in [0.3, 0.4) is 0 Å². The molecule has 1 saturated heterocycles. The van der Waals surface area contributed by atoms with Crippen LogP contribution in [0.2, 0.25) is 0 Å². The summed E-state index contributed by atoms with van der Waals surface area (Å²) in [6, 6.07) is 0.332. The number of nitrogens with zero attached hydrogens (tertiary/aromatic N) is 1. The first kappa shape index (κ1) is 8.71. The molecule has 0 unspecified atom stereocenters. The molecule has 0 bridgehead atoms. The fraction of sp³-hybridized carbons (Fsp3) is 0.857. The number of thioether (sulfide) groups is 1. The number of hydrogen-bond acceptors (Lipinski definition) is 3. The van der Waals surface area contributed by atoms with Crippen molar-refractivity contribution in [2.75, 3.05) is 18.2 Å².